The minimum atomic E-state index is -0.498. The Morgan fingerprint density at radius 1 is 0.760 bits per heavy atom. The zero-order valence-corrected chi connectivity index (χ0v) is 29.5. The number of esters is 1. The maximum Gasteiger partial charge on any atom is 0.343 e. The summed E-state index contributed by atoms with van der Waals surface area (Å²) in [5.41, 5.74) is 2.76. The van der Waals surface area contributed by atoms with Gasteiger partial charge in [-0.3, -0.25) is 14.4 Å². The predicted octanol–water partition coefficient (Wildman–Crippen LogP) is 8.33. The minimum Gasteiger partial charge on any atom is -0.495 e. The normalized spacial score (nSPS) is 10.6. The first kappa shape index (κ1) is 37.7. The van der Waals surface area contributed by atoms with Crippen LogP contribution in [0.25, 0.3) is 0 Å². The largest absolute Gasteiger partial charge is 0.495 e. The Morgan fingerprint density at radius 3 is 2.04 bits per heavy atom. The summed E-state index contributed by atoms with van der Waals surface area (Å²) in [6.07, 6.45) is 5.90. The van der Waals surface area contributed by atoms with Crippen molar-refractivity contribution in [2.24, 2.45) is 0 Å². The number of nitrogens with zero attached hydrogens (tertiary/aromatic N) is 1. The molecule has 0 aliphatic heterocycles. The third-order valence-corrected chi connectivity index (χ3v) is 8.11. The molecule has 0 bridgehead atoms. The summed E-state index contributed by atoms with van der Waals surface area (Å²) in [7, 11) is 1.52. The van der Waals surface area contributed by atoms with E-state index in [1.54, 1.807) is 91.0 Å². The third kappa shape index (κ3) is 11.8. The monoisotopic (exact) mass is 698 g/mol. The number of ether oxygens (including phenoxy) is 3. The molecule has 0 saturated heterocycles. The molecular formula is C40H43ClN2O7. The molecule has 0 radical (unpaired) electrons. The number of carbonyl (C=O) groups excluding carboxylic acids is 4. The zero-order valence-electron chi connectivity index (χ0n) is 28.7. The molecule has 0 atom stereocenters. The van der Waals surface area contributed by atoms with Crippen molar-refractivity contribution >= 4 is 40.9 Å². The van der Waals surface area contributed by atoms with Gasteiger partial charge in [-0.05, 0) is 97.3 Å². The number of carbonyl (C=O) groups is 4. The molecule has 4 rings (SSSR count). The average molecular weight is 699 g/mol. The molecule has 0 aliphatic rings. The van der Waals surface area contributed by atoms with Crippen LogP contribution in [0, 0.1) is 0 Å². The number of anilines is 1. The van der Waals surface area contributed by atoms with Gasteiger partial charge >= 0.3 is 5.97 Å². The first-order valence-electron chi connectivity index (χ1n) is 16.7. The van der Waals surface area contributed by atoms with Gasteiger partial charge in [-0.15, -0.1) is 0 Å². The summed E-state index contributed by atoms with van der Waals surface area (Å²) >= 11 is 6.17. The standard InChI is InChI=1S/C40H43ClN2O7/c1-4-5-6-7-8-23-49-34-20-14-32(15-21-34)40(47)50-35-18-9-29(10-19-35)27-43(26-28(2)44)39(46)31-12-16-33(17-13-31)42-38(45)25-30-11-22-37(48-3)36(41)24-30/h9-22,24H,4-8,23,25-27H2,1-3H3,(H,42,45). The van der Waals surface area contributed by atoms with Crippen molar-refractivity contribution in [1.82, 2.24) is 4.90 Å². The molecule has 0 saturated carbocycles. The lowest BCUT2D eigenvalue weighted by atomic mass is 10.1. The number of nitrogens with one attached hydrogen (secondary N) is 1. The van der Waals surface area contributed by atoms with Crippen LogP contribution in [0.1, 0.15) is 77.8 Å². The summed E-state index contributed by atoms with van der Waals surface area (Å²) in [5.74, 6) is 0.329. The molecule has 0 fully saturated rings. The predicted molar refractivity (Wildman–Crippen MR) is 194 cm³/mol. The Kier molecular flexibility index (Phi) is 14.4. The molecule has 2 amide bonds. The molecular weight excluding hydrogens is 656 g/mol. The number of benzene rings is 4. The van der Waals surface area contributed by atoms with Gasteiger partial charge in [-0.25, -0.2) is 4.79 Å². The smallest absolute Gasteiger partial charge is 0.343 e. The van der Waals surface area contributed by atoms with E-state index in [4.69, 9.17) is 25.8 Å². The summed E-state index contributed by atoms with van der Waals surface area (Å²) < 4.78 is 16.5. The first-order chi connectivity index (χ1) is 24.1. The number of Topliss-reactive ketones (excluding diaryl/α,β-unsaturated/α-hetero) is 1. The van der Waals surface area contributed by atoms with Crippen molar-refractivity contribution in [2.45, 2.75) is 58.9 Å². The van der Waals surface area contributed by atoms with Crippen LogP contribution < -0.4 is 19.5 Å². The van der Waals surface area contributed by atoms with Crippen LogP contribution in [0.15, 0.2) is 91.0 Å². The van der Waals surface area contributed by atoms with Gasteiger partial charge < -0.3 is 24.4 Å². The van der Waals surface area contributed by atoms with Crippen molar-refractivity contribution in [2.75, 3.05) is 25.6 Å². The van der Waals surface area contributed by atoms with E-state index in [1.165, 1.54) is 38.2 Å². The Hall–Kier alpha value is -5.15. The highest BCUT2D eigenvalue weighted by Crippen LogP contribution is 2.25. The molecule has 0 heterocycles. The molecule has 10 heteroatoms. The average Bonchev–Trinajstić information content (AvgIpc) is 3.10. The van der Waals surface area contributed by atoms with E-state index < -0.39 is 5.97 Å². The fraction of sp³-hybridized carbons (Fsp3) is 0.300. The maximum absolute atomic E-state index is 13.4. The molecule has 4 aromatic carbocycles. The van der Waals surface area contributed by atoms with Crippen LogP contribution in [0.2, 0.25) is 5.02 Å². The number of amides is 2. The van der Waals surface area contributed by atoms with Crippen LogP contribution in [-0.2, 0) is 22.6 Å². The molecule has 9 nitrogen and oxygen atoms in total. The highest BCUT2D eigenvalue weighted by molar-refractivity contribution is 6.32. The summed E-state index contributed by atoms with van der Waals surface area (Å²) in [5, 5.41) is 3.24. The number of ketones is 1. The maximum atomic E-state index is 13.4. The van der Waals surface area contributed by atoms with Crippen molar-refractivity contribution < 1.29 is 33.4 Å². The molecule has 0 aliphatic carbocycles. The third-order valence-electron chi connectivity index (χ3n) is 7.81. The van der Waals surface area contributed by atoms with Crippen LogP contribution in [0.4, 0.5) is 5.69 Å². The van der Waals surface area contributed by atoms with E-state index in [0.717, 1.165) is 24.0 Å². The molecule has 0 aromatic heterocycles. The first-order valence-corrected chi connectivity index (χ1v) is 17.1. The molecule has 1 N–H and O–H groups in total. The molecule has 0 spiro atoms. The number of unbranched alkanes of at least 4 members (excludes halogenated alkanes) is 4. The van der Waals surface area contributed by atoms with E-state index in [9.17, 15) is 19.2 Å². The van der Waals surface area contributed by atoms with Gasteiger partial charge in [-0.2, -0.15) is 0 Å². The lowest BCUT2D eigenvalue weighted by Crippen LogP contribution is -2.34. The number of hydrogen-bond donors (Lipinski definition) is 1. The molecule has 50 heavy (non-hydrogen) atoms. The summed E-state index contributed by atoms with van der Waals surface area (Å²) in [6.45, 7) is 4.33. The van der Waals surface area contributed by atoms with Gasteiger partial charge in [0.25, 0.3) is 5.91 Å². The van der Waals surface area contributed by atoms with E-state index in [2.05, 4.69) is 12.2 Å². The topological polar surface area (TPSA) is 111 Å². The molecule has 262 valence electrons. The highest BCUT2D eigenvalue weighted by atomic mass is 35.5. The zero-order chi connectivity index (χ0) is 35.9. The van der Waals surface area contributed by atoms with Gasteiger partial charge in [0.1, 0.15) is 23.0 Å². The second kappa shape index (κ2) is 19.1. The van der Waals surface area contributed by atoms with Crippen molar-refractivity contribution in [3.05, 3.63) is 118 Å². The van der Waals surface area contributed by atoms with Crippen molar-refractivity contribution in [1.29, 1.82) is 0 Å². The Bertz CT molecular complexity index is 1740. The van der Waals surface area contributed by atoms with Gasteiger partial charge in [0.05, 0.1) is 37.3 Å². The summed E-state index contributed by atoms with van der Waals surface area (Å²) in [6, 6.07) is 25.3. The van der Waals surface area contributed by atoms with Gasteiger partial charge in [0.15, 0.2) is 0 Å². The second-order valence-electron chi connectivity index (χ2n) is 12.0. The number of halogens is 1. The van der Waals surface area contributed by atoms with Crippen LogP contribution in [-0.4, -0.2) is 48.7 Å². The van der Waals surface area contributed by atoms with Crippen LogP contribution >= 0.6 is 11.6 Å². The molecule has 4 aromatic rings. The summed E-state index contributed by atoms with van der Waals surface area (Å²) in [4.78, 5) is 52.3. The lowest BCUT2D eigenvalue weighted by Gasteiger charge is -2.22. The quantitative estimate of drug-likeness (QED) is 0.0632. The molecule has 0 unspecified atom stereocenters. The van der Waals surface area contributed by atoms with Crippen LogP contribution in [0.5, 0.6) is 17.2 Å². The van der Waals surface area contributed by atoms with Crippen molar-refractivity contribution in [3.63, 3.8) is 0 Å². The fourth-order valence-electron chi connectivity index (χ4n) is 5.19. The number of methoxy groups -OCH3 is 1. The van der Waals surface area contributed by atoms with E-state index in [-0.39, 0.29) is 37.1 Å². The Balaban J connectivity index is 1.30. The Labute approximate surface area is 298 Å². The SMILES string of the molecule is CCCCCCCOc1ccc(C(=O)Oc2ccc(CN(CC(C)=O)C(=O)c3ccc(NC(=O)Cc4ccc(OC)c(Cl)c4)cc3)cc2)cc1. The van der Waals surface area contributed by atoms with Gasteiger partial charge in [0.2, 0.25) is 5.91 Å². The highest BCUT2D eigenvalue weighted by Gasteiger charge is 2.19. The fourth-order valence-corrected chi connectivity index (χ4v) is 5.47. The minimum absolute atomic E-state index is 0.0863. The second-order valence-corrected chi connectivity index (χ2v) is 12.4. The van der Waals surface area contributed by atoms with Gasteiger partial charge in [0, 0.05) is 17.8 Å². The van der Waals surface area contributed by atoms with E-state index in [1.807, 2.05) is 0 Å². The van der Waals surface area contributed by atoms with Crippen molar-refractivity contribution in [3.8, 4) is 17.2 Å². The van der Waals surface area contributed by atoms with Crippen LogP contribution in [0.3, 0.4) is 0 Å². The van der Waals surface area contributed by atoms with Gasteiger partial charge in [-0.1, -0.05) is 62.4 Å². The van der Waals surface area contributed by atoms with E-state index in [0.29, 0.717) is 45.7 Å². The number of rotatable bonds is 18. The Morgan fingerprint density at radius 2 is 1.40 bits per heavy atom. The number of hydrogen-bond acceptors (Lipinski definition) is 7. The van der Waals surface area contributed by atoms with E-state index >= 15 is 0 Å². The lowest BCUT2D eigenvalue weighted by molar-refractivity contribution is -0.118.